The third-order valence-electron chi connectivity index (χ3n) is 12.4. The highest BCUT2D eigenvalue weighted by atomic mass is 16.4. The van der Waals surface area contributed by atoms with Crippen molar-refractivity contribution in [2.24, 2.45) is 17.8 Å². The van der Waals surface area contributed by atoms with E-state index in [1.54, 1.807) is 0 Å². The molecule has 2 unspecified atom stereocenters. The van der Waals surface area contributed by atoms with Gasteiger partial charge in [-0.3, -0.25) is 9.59 Å². The normalized spacial score (nSPS) is 11.2. The molecule has 0 aliphatic heterocycles. The Hall–Kier alpha value is -1.06. The quantitative estimate of drug-likeness (QED) is 0.0602. The number of carboxylic acids is 2. The molecule has 0 aliphatic rings. The Kier molecular flexibility index (Phi) is 109. The molecule has 0 fully saturated rings. The summed E-state index contributed by atoms with van der Waals surface area (Å²) >= 11 is 0. The van der Waals surface area contributed by atoms with Crippen LogP contribution in [0.2, 0.25) is 0 Å². The van der Waals surface area contributed by atoms with E-state index in [0.717, 1.165) is 25.7 Å². The Bertz CT molecular complexity index is 619. The summed E-state index contributed by atoms with van der Waals surface area (Å²) in [5, 5.41) is 18.6. The number of aliphatic carboxylic acids is 2. The van der Waals surface area contributed by atoms with Crippen molar-refractivity contribution in [1.29, 1.82) is 0 Å². The number of carbonyl (C=O) groups is 2. The molecular weight excluding hydrogens is 833 g/mol. The molecule has 420 valence electrons. The monoisotopic (exact) mass is 973 g/mol. The van der Waals surface area contributed by atoms with Crippen LogP contribution < -0.4 is 0 Å². The lowest BCUT2D eigenvalue weighted by Crippen LogP contribution is -2.33. The van der Waals surface area contributed by atoms with Gasteiger partial charge in [-0.2, -0.15) is 0 Å². The van der Waals surface area contributed by atoms with Gasteiger partial charge in [0.15, 0.2) is 0 Å². The summed E-state index contributed by atoms with van der Waals surface area (Å²) in [5.74, 6) is -3.04. The van der Waals surface area contributed by atoms with Crippen LogP contribution in [0.1, 0.15) is 387 Å². The second-order valence-corrected chi connectivity index (χ2v) is 19.6. The van der Waals surface area contributed by atoms with Gasteiger partial charge in [-0.25, -0.2) is 0 Å². The minimum absolute atomic E-state index is 0.248. The predicted molar refractivity (Wildman–Crippen MR) is 316 cm³/mol. The van der Waals surface area contributed by atoms with Crippen molar-refractivity contribution in [3.05, 3.63) is 0 Å². The van der Waals surface area contributed by atoms with E-state index >= 15 is 0 Å². The molecule has 0 aromatic carbocycles. The topological polar surface area (TPSA) is 74.6 Å². The molecule has 4 nitrogen and oxygen atoms in total. The van der Waals surface area contributed by atoms with Gasteiger partial charge in [-0.05, 0) is 25.2 Å². The van der Waals surface area contributed by atoms with Gasteiger partial charge >= 0.3 is 11.9 Å². The highest BCUT2D eigenvalue weighted by Crippen LogP contribution is 2.32. The van der Waals surface area contributed by atoms with E-state index in [-0.39, 0.29) is 5.92 Å². The average molecular weight is 974 g/mol. The lowest BCUT2D eigenvalue weighted by molar-refractivity contribution is -0.150. The Morgan fingerprint density at radius 1 is 0.235 bits per heavy atom. The summed E-state index contributed by atoms with van der Waals surface area (Å²) in [6, 6.07) is 0. The fourth-order valence-electron chi connectivity index (χ4n) is 7.55. The molecular formula is C64H140O4. The third kappa shape index (κ3) is 94.7. The van der Waals surface area contributed by atoms with Crippen molar-refractivity contribution in [2.45, 2.75) is 387 Å². The lowest BCUT2D eigenvalue weighted by atomic mass is 9.76. The Labute approximate surface area is 435 Å². The molecule has 0 saturated heterocycles. The molecule has 0 aromatic heterocycles. The highest BCUT2D eigenvalue weighted by molar-refractivity contribution is 5.74. The molecule has 0 bridgehead atoms. The maximum absolute atomic E-state index is 11.3. The van der Waals surface area contributed by atoms with Crippen LogP contribution in [0.25, 0.3) is 0 Å². The first-order chi connectivity index (χ1) is 32.9. The molecule has 0 heterocycles. The second kappa shape index (κ2) is 88.9. The first-order valence-corrected chi connectivity index (χ1v) is 31.3. The highest BCUT2D eigenvalue weighted by Gasteiger charge is 2.35. The number of rotatable bonds is 39. The molecule has 0 spiro atoms. The smallest absolute Gasteiger partial charge is 0.306 e. The largest absolute Gasteiger partial charge is 0.481 e. The van der Waals surface area contributed by atoms with Gasteiger partial charge in [0.25, 0.3) is 0 Å². The van der Waals surface area contributed by atoms with Crippen LogP contribution in [0.5, 0.6) is 0 Å². The van der Waals surface area contributed by atoms with Crippen molar-refractivity contribution >= 4 is 11.9 Å². The minimum atomic E-state index is -0.859. The molecule has 0 rings (SSSR count). The van der Waals surface area contributed by atoms with Crippen LogP contribution in [-0.2, 0) is 9.59 Å². The maximum atomic E-state index is 11.3. The Morgan fingerprint density at radius 2 is 0.368 bits per heavy atom. The summed E-state index contributed by atoms with van der Waals surface area (Å²) in [6.45, 7) is 37.2. The summed E-state index contributed by atoms with van der Waals surface area (Å²) in [4.78, 5) is 22.6. The van der Waals surface area contributed by atoms with Gasteiger partial charge in [-0.15, -0.1) is 0 Å². The van der Waals surface area contributed by atoms with Crippen LogP contribution in [0.3, 0.4) is 0 Å². The summed E-state index contributed by atoms with van der Waals surface area (Å²) in [5.41, 5.74) is 0. The van der Waals surface area contributed by atoms with Gasteiger partial charge in [-0.1, -0.05) is 368 Å². The first-order valence-electron chi connectivity index (χ1n) is 31.3. The van der Waals surface area contributed by atoms with Crippen molar-refractivity contribution < 1.29 is 19.8 Å². The van der Waals surface area contributed by atoms with E-state index in [4.69, 9.17) is 0 Å². The van der Waals surface area contributed by atoms with E-state index in [9.17, 15) is 19.8 Å². The Morgan fingerprint density at radius 3 is 0.471 bits per heavy atom. The van der Waals surface area contributed by atoms with E-state index in [0.29, 0.717) is 19.3 Å². The number of unbranched alkanes of at least 4 members (excludes halogenated alkanes) is 31. The molecule has 68 heavy (non-hydrogen) atoms. The lowest BCUT2D eigenvalue weighted by Gasteiger charge is -2.28. The minimum Gasteiger partial charge on any atom is -0.481 e. The summed E-state index contributed by atoms with van der Waals surface area (Å²) < 4.78 is 0. The second-order valence-electron chi connectivity index (χ2n) is 19.6. The number of hydrogen-bond donors (Lipinski definition) is 2. The fourth-order valence-corrected chi connectivity index (χ4v) is 7.55. The number of hydrogen-bond acceptors (Lipinski definition) is 2. The summed E-state index contributed by atoms with van der Waals surface area (Å²) in [7, 11) is 0. The summed E-state index contributed by atoms with van der Waals surface area (Å²) in [6.07, 6.45) is 55.0. The molecule has 0 radical (unpaired) electrons. The predicted octanol–water partition coefficient (Wildman–Crippen LogP) is 24.6. The van der Waals surface area contributed by atoms with Crippen molar-refractivity contribution in [3.8, 4) is 0 Å². The fraction of sp³-hybridized carbons (Fsp3) is 0.969. The van der Waals surface area contributed by atoms with Crippen molar-refractivity contribution in [2.75, 3.05) is 0 Å². The van der Waals surface area contributed by atoms with Crippen LogP contribution in [-0.4, -0.2) is 22.2 Å². The zero-order valence-corrected chi connectivity index (χ0v) is 51.1. The van der Waals surface area contributed by atoms with Gasteiger partial charge in [0, 0.05) is 0 Å². The molecule has 0 aliphatic carbocycles. The van der Waals surface area contributed by atoms with Crippen molar-refractivity contribution in [1.82, 2.24) is 0 Å². The molecule has 2 N–H and O–H groups in total. The zero-order chi connectivity index (χ0) is 53.6. The van der Waals surface area contributed by atoms with Gasteiger partial charge < -0.3 is 10.2 Å². The van der Waals surface area contributed by atoms with E-state index < -0.39 is 23.8 Å². The third-order valence-corrected chi connectivity index (χ3v) is 12.4. The molecule has 0 aromatic rings. The van der Waals surface area contributed by atoms with Crippen LogP contribution in [0.15, 0.2) is 0 Å². The molecule has 0 saturated carbocycles. The van der Waals surface area contributed by atoms with Crippen molar-refractivity contribution in [3.63, 3.8) is 0 Å². The van der Waals surface area contributed by atoms with Crippen LogP contribution in [0.4, 0.5) is 0 Å². The van der Waals surface area contributed by atoms with Gasteiger partial charge in [0.05, 0.1) is 11.8 Å². The van der Waals surface area contributed by atoms with Gasteiger partial charge in [0.2, 0.25) is 0 Å². The maximum Gasteiger partial charge on any atom is 0.306 e. The Balaban J connectivity index is -0.000000106. The molecule has 4 heteroatoms. The zero-order valence-electron chi connectivity index (χ0n) is 51.1. The van der Waals surface area contributed by atoms with E-state index in [1.165, 1.54) is 225 Å². The standard InChI is InChI=1S/C15H28O4.7C7H16/c1-4-7-8-9-10-13(11(5-2)14(16)17)12(6-3)15(18)19;7*1-3-5-7-6-4-2/h11-13H,4-10H2,1-3H3,(H,16,17)(H,18,19);7*3-7H2,1-2H3. The van der Waals surface area contributed by atoms with Crippen LogP contribution >= 0.6 is 0 Å². The SMILES string of the molecule is CCCCCCC.CCCCCCC.CCCCCCC.CCCCCCC.CCCCCCC.CCCCCCC.CCCCCCC.CCCCCCC(C(CC)C(=O)O)C(CC)C(=O)O. The van der Waals surface area contributed by atoms with Crippen LogP contribution in [0, 0.1) is 17.8 Å². The average Bonchev–Trinajstić information content (AvgIpc) is 3.33. The van der Waals surface area contributed by atoms with Gasteiger partial charge in [0.1, 0.15) is 0 Å². The van der Waals surface area contributed by atoms with E-state index in [1.807, 2.05) is 13.8 Å². The van der Waals surface area contributed by atoms with E-state index in [2.05, 4.69) is 104 Å². The number of carboxylic acid groups (broad SMARTS) is 2. The molecule has 2 atom stereocenters. The molecule has 0 amide bonds. The first kappa shape index (κ1) is 83.8.